The van der Waals surface area contributed by atoms with Crippen LogP contribution in [0.25, 0.3) is 0 Å². The number of nitrogens with zero attached hydrogens (tertiary/aromatic N) is 3. The Labute approximate surface area is 131 Å². The van der Waals surface area contributed by atoms with E-state index >= 15 is 0 Å². The molecule has 22 heavy (non-hydrogen) atoms. The Morgan fingerprint density at radius 2 is 1.77 bits per heavy atom. The summed E-state index contributed by atoms with van der Waals surface area (Å²) in [5.41, 5.74) is 1.46. The number of halogens is 2. The van der Waals surface area contributed by atoms with Crippen LogP contribution in [-0.2, 0) is 0 Å². The first-order valence-corrected chi connectivity index (χ1v) is 6.82. The van der Waals surface area contributed by atoms with Crippen LogP contribution >= 0.6 is 11.6 Å². The fourth-order valence-electron chi connectivity index (χ4n) is 1.79. The van der Waals surface area contributed by atoms with E-state index in [9.17, 15) is 4.39 Å². The van der Waals surface area contributed by atoms with Gasteiger partial charge in [-0.3, -0.25) is 0 Å². The van der Waals surface area contributed by atoms with Crippen molar-refractivity contribution in [3.05, 3.63) is 65.6 Å². The number of para-hydroxylation sites is 1. The molecule has 2 N–H and O–H groups in total. The Kier molecular flexibility index (Phi) is 4.11. The molecule has 1 heterocycles. The Morgan fingerprint density at radius 1 is 0.955 bits per heavy atom. The Morgan fingerprint density at radius 3 is 2.55 bits per heavy atom. The maximum absolute atomic E-state index is 13.1. The second kappa shape index (κ2) is 6.36. The van der Waals surface area contributed by atoms with E-state index in [4.69, 9.17) is 11.6 Å². The van der Waals surface area contributed by atoms with Crippen LogP contribution in [0.3, 0.4) is 0 Å². The Hall–Kier alpha value is -2.73. The smallest absolute Gasteiger partial charge is 0.249 e. The van der Waals surface area contributed by atoms with Crippen LogP contribution in [0.15, 0.2) is 54.7 Å². The fourth-order valence-corrected chi connectivity index (χ4v) is 1.97. The van der Waals surface area contributed by atoms with Crippen LogP contribution in [-0.4, -0.2) is 15.2 Å². The molecule has 0 aliphatic rings. The molecule has 0 bridgehead atoms. The largest absolute Gasteiger partial charge is 0.339 e. The minimum absolute atomic E-state index is 0.0246. The quantitative estimate of drug-likeness (QED) is 0.757. The maximum Gasteiger partial charge on any atom is 0.249 e. The third-order valence-corrected chi connectivity index (χ3v) is 3.07. The van der Waals surface area contributed by atoms with Gasteiger partial charge < -0.3 is 10.6 Å². The van der Waals surface area contributed by atoms with Crippen molar-refractivity contribution in [3.8, 4) is 0 Å². The predicted octanol–water partition coefficient (Wildman–Crippen LogP) is 4.15. The molecule has 110 valence electrons. The molecule has 0 saturated heterocycles. The van der Waals surface area contributed by atoms with Gasteiger partial charge in [0.05, 0.1) is 11.2 Å². The van der Waals surface area contributed by atoms with Crippen molar-refractivity contribution in [2.45, 2.75) is 0 Å². The van der Waals surface area contributed by atoms with E-state index in [1.165, 1.54) is 18.3 Å². The first-order valence-electron chi connectivity index (χ1n) is 6.44. The van der Waals surface area contributed by atoms with E-state index < -0.39 is 5.82 Å². The lowest BCUT2D eigenvalue weighted by Crippen LogP contribution is -2.02. The SMILES string of the molecule is Fc1ccc(Nc2nncc(Nc3ccccc3)n2)cc1Cl. The van der Waals surface area contributed by atoms with E-state index in [2.05, 4.69) is 25.8 Å². The molecule has 0 saturated carbocycles. The molecule has 0 amide bonds. The molecule has 0 aliphatic carbocycles. The molecule has 7 heteroatoms. The zero-order valence-corrected chi connectivity index (χ0v) is 12.0. The normalized spacial score (nSPS) is 10.3. The van der Waals surface area contributed by atoms with Gasteiger partial charge in [-0.05, 0) is 30.3 Å². The highest BCUT2D eigenvalue weighted by atomic mass is 35.5. The number of rotatable bonds is 4. The van der Waals surface area contributed by atoms with Gasteiger partial charge in [0.1, 0.15) is 5.82 Å². The second-order valence-corrected chi connectivity index (χ2v) is 4.82. The summed E-state index contributed by atoms with van der Waals surface area (Å²) in [6.07, 6.45) is 1.51. The van der Waals surface area contributed by atoms with E-state index in [1.54, 1.807) is 6.07 Å². The lowest BCUT2D eigenvalue weighted by molar-refractivity contribution is 0.628. The topological polar surface area (TPSA) is 62.7 Å². The average molecular weight is 316 g/mol. The molecular weight excluding hydrogens is 305 g/mol. The van der Waals surface area contributed by atoms with E-state index in [0.717, 1.165) is 5.69 Å². The van der Waals surface area contributed by atoms with Crippen LogP contribution in [0, 0.1) is 5.82 Å². The number of nitrogens with one attached hydrogen (secondary N) is 2. The second-order valence-electron chi connectivity index (χ2n) is 4.41. The molecule has 0 unspecified atom stereocenters. The van der Waals surface area contributed by atoms with Crippen LogP contribution in [0.4, 0.5) is 27.5 Å². The number of hydrogen-bond donors (Lipinski definition) is 2. The average Bonchev–Trinajstić information content (AvgIpc) is 2.52. The van der Waals surface area contributed by atoms with Gasteiger partial charge in [-0.2, -0.15) is 10.1 Å². The molecule has 0 fully saturated rings. The molecule has 0 spiro atoms. The number of hydrogen-bond acceptors (Lipinski definition) is 5. The minimum atomic E-state index is -0.481. The molecule has 2 aromatic carbocycles. The lowest BCUT2D eigenvalue weighted by Gasteiger charge is -2.08. The van der Waals surface area contributed by atoms with Gasteiger partial charge in [0.25, 0.3) is 0 Å². The van der Waals surface area contributed by atoms with Gasteiger partial charge in [0.15, 0.2) is 5.82 Å². The van der Waals surface area contributed by atoms with Gasteiger partial charge in [-0.25, -0.2) is 4.39 Å². The molecule has 0 atom stereocenters. The van der Waals surface area contributed by atoms with Crippen molar-refractivity contribution >= 4 is 34.7 Å². The first-order chi connectivity index (χ1) is 10.7. The van der Waals surface area contributed by atoms with Crippen molar-refractivity contribution in [2.75, 3.05) is 10.6 Å². The zero-order chi connectivity index (χ0) is 15.4. The van der Waals surface area contributed by atoms with Gasteiger partial charge >= 0.3 is 0 Å². The molecule has 0 radical (unpaired) electrons. The third-order valence-electron chi connectivity index (χ3n) is 2.78. The van der Waals surface area contributed by atoms with E-state index in [0.29, 0.717) is 11.5 Å². The highest BCUT2D eigenvalue weighted by molar-refractivity contribution is 6.31. The van der Waals surface area contributed by atoms with Gasteiger partial charge in [0, 0.05) is 11.4 Å². The molecule has 0 aliphatic heterocycles. The monoisotopic (exact) mass is 315 g/mol. The number of anilines is 4. The third kappa shape index (κ3) is 3.48. The van der Waals surface area contributed by atoms with Gasteiger partial charge in [-0.15, -0.1) is 5.10 Å². The van der Waals surface area contributed by atoms with Crippen molar-refractivity contribution in [2.24, 2.45) is 0 Å². The number of aromatic nitrogens is 3. The maximum atomic E-state index is 13.1. The zero-order valence-electron chi connectivity index (χ0n) is 11.3. The molecule has 3 aromatic rings. The summed E-state index contributed by atoms with van der Waals surface area (Å²) < 4.78 is 13.1. The van der Waals surface area contributed by atoms with Crippen LogP contribution in [0.2, 0.25) is 5.02 Å². The predicted molar refractivity (Wildman–Crippen MR) is 84.2 cm³/mol. The van der Waals surface area contributed by atoms with Gasteiger partial charge in [0.2, 0.25) is 5.95 Å². The number of benzene rings is 2. The van der Waals surface area contributed by atoms with Crippen LogP contribution < -0.4 is 10.6 Å². The summed E-state index contributed by atoms with van der Waals surface area (Å²) >= 11 is 5.73. The summed E-state index contributed by atoms with van der Waals surface area (Å²) in [5, 5.41) is 13.8. The summed E-state index contributed by atoms with van der Waals surface area (Å²) in [5.74, 6) is 0.339. The Balaban J connectivity index is 1.77. The van der Waals surface area contributed by atoms with Crippen molar-refractivity contribution in [3.63, 3.8) is 0 Å². The van der Waals surface area contributed by atoms with Crippen LogP contribution in [0.5, 0.6) is 0 Å². The summed E-state index contributed by atoms with van der Waals surface area (Å²) in [6, 6.07) is 13.8. The summed E-state index contributed by atoms with van der Waals surface area (Å²) in [4.78, 5) is 4.28. The highest BCUT2D eigenvalue weighted by Crippen LogP contribution is 2.21. The first kappa shape index (κ1) is 14.2. The summed E-state index contributed by atoms with van der Waals surface area (Å²) in [6.45, 7) is 0. The van der Waals surface area contributed by atoms with E-state index in [1.807, 2.05) is 30.3 Å². The molecule has 5 nitrogen and oxygen atoms in total. The highest BCUT2D eigenvalue weighted by Gasteiger charge is 2.04. The summed E-state index contributed by atoms with van der Waals surface area (Å²) in [7, 11) is 0. The lowest BCUT2D eigenvalue weighted by atomic mass is 10.3. The van der Waals surface area contributed by atoms with Gasteiger partial charge in [-0.1, -0.05) is 29.8 Å². The van der Waals surface area contributed by atoms with Crippen LogP contribution in [0.1, 0.15) is 0 Å². The standard InChI is InChI=1S/C15H11ClFN5/c16-12-8-11(6-7-13(12)17)20-15-21-14(9-18-22-15)19-10-4-2-1-3-5-10/h1-9H,(H2,19,20,21,22). The van der Waals surface area contributed by atoms with E-state index in [-0.39, 0.29) is 11.0 Å². The molecule has 1 aromatic heterocycles. The fraction of sp³-hybridized carbons (Fsp3) is 0. The Bertz CT molecular complexity index is 782. The van der Waals surface area contributed by atoms with Crippen molar-refractivity contribution in [1.82, 2.24) is 15.2 Å². The molecule has 3 rings (SSSR count). The van der Waals surface area contributed by atoms with Crippen molar-refractivity contribution < 1.29 is 4.39 Å². The molecular formula is C15H11ClFN5. The van der Waals surface area contributed by atoms with Crippen molar-refractivity contribution in [1.29, 1.82) is 0 Å². The minimum Gasteiger partial charge on any atom is -0.339 e.